The highest BCUT2D eigenvalue weighted by Crippen LogP contribution is 2.33. The molecule has 0 spiro atoms. The normalized spacial score (nSPS) is 18.3. The van der Waals surface area contributed by atoms with Crippen molar-refractivity contribution in [1.29, 1.82) is 0 Å². The lowest BCUT2D eigenvalue weighted by atomic mass is 9.89. The molecule has 2 rings (SSSR count). The van der Waals surface area contributed by atoms with Crippen molar-refractivity contribution in [2.75, 3.05) is 26.2 Å². The number of aryl methyl sites for hydroxylation is 1. The molecule has 5 heteroatoms. The van der Waals surface area contributed by atoms with Crippen molar-refractivity contribution >= 4 is 24.8 Å². The summed E-state index contributed by atoms with van der Waals surface area (Å²) < 4.78 is 14.2. The molecule has 21 heavy (non-hydrogen) atoms. The summed E-state index contributed by atoms with van der Waals surface area (Å²) >= 11 is 0. The van der Waals surface area contributed by atoms with Crippen LogP contribution in [0.2, 0.25) is 0 Å². The number of halogens is 3. The molecule has 1 unspecified atom stereocenters. The molecule has 1 fully saturated rings. The van der Waals surface area contributed by atoms with E-state index in [0.29, 0.717) is 5.92 Å². The third-order valence-electron chi connectivity index (χ3n) is 4.20. The van der Waals surface area contributed by atoms with Gasteiger partial charge >= 0.3 is 0 Å². The van der Waals surface area contributed by atoms with Crippen molar-refractivity contribution in [2.45, 2.75) is 33.2 Å². The van der Waals surface area contributed by atoms with E-state index in [0.717, 1.165) is 43.7 Å². The van der Waals surface area contributed by atoms with Crippen LogP contribution in [0.1, 0.15) is 37.4 Å². The second-order valence-electron chi connectivity index (χ2n) is 5.64. The van der Waals surface area contributed by atoms with Gasteiger partial charge in [-0.15, -0.1) is 24.8 Å². The van der Waals surface area contributed by atoms with E-state index < -0.39 is 0 Å². The molecule has 122 valence electrons. The maximum absolute atomic E-state index is 14.2. The van der Waals surface area contributed by atoms with Crippen molar-refractivity contribution in [3.63, 3.8) is 0 Å². The lowest BCUT2D eigenvalue weighted by Crippen LogP contribution is -2.46. The Balaban J connectivity index is 0.00000200. The fourth-order valence-electron chi connectivity index (χ4n) is 2.94. The molecule has 1 aromatic rings. The summed E-state index contributed by atoms with van der Waals surface area (Å²) in [4.78, 5) is 2.43. The molecule has 0 aromatic heterocycles. The zero-order chi connectivity index (χ0) is 13.8. The molecule has 0 bridgehead atoms. The van der Waals surface area contributed by atoms with Gasteiger partial charge in [0.15, 0.2) is 0 Å². The van der Waals surface area contributed by atoms with Crippen molar-refractivity contribution in [3.05, 3.63) is 35.1 Å². The maximum Gasteiger partial charge on any atom is 0.128 e. The molecule has 1 aliphatic heterocycles. The van der Waals surface area contributed by atoms with Crippen LogP contribution < -0.4 is 5.32 Å². The smallest absolute Gasteiger partial charge is 0.128 e. The number of rotatable bonds is 4. The van der Waals surface area contributed by atoms with Crippen LogP contribution in [-0.2, 0) is 0 Å². The summed E-state index contributed by atoms with van der Waals surface area (Å²) in [6.07, 6.45) is 1.07. The van der Waals surface area contributed by atoms with E-state index in [4.69, 9.17) is 0 Å². The van der Waals surface area contributed by atoms with Gasteiger partial charge in [-0.25, -0.2) is 4.39 Å². The Hall–Kier alpha value is -0.350. The Morgan fingerprint density at radius 3 is 2.43 bits per heavy atom. The molecule has 0 radical (unpaired) electrons. The van der Waals surface area contributed by atoms with Gasteiger partial charge in [-0.1, -0.05) is 38.0 Å². The van der Waals surface area contributed by atoms with Crippen LogP contribution in [0.25, 0.3) is 0 Å². The lowest BCUT2D eigenvalue weighted by Gasteiger charge is -2.38. The Labute approximate surface area is 140 Å². The van der Waals surface area contributed by atoms with Crippen LogP contribution in [0.3, 0.4) is 0 Å². The molecule has 1 heterocycles. The van der Waals surface area contributed by atoms with Crippen LogP contribution in [0.5, 0.6) is 0 Å². The second kappa shape index (κ2) is 9.62. The summed E-state index contributed by atoms with van der Waals surface area (Å²) in [5.74, 6) is 0.406. The maximum atomic E-state index is 14.2. The van der Waals surface area contributed by atoms with E-state index in [2.05, 4.69) is 24.1 Å². The van der Waals surface area contributed by atoms with Crippen molar-refractivity contribution < 1.29 is 4.39 Å². The Kier molecular flexibility index (Phi) is 9.46. The highest BCUT2D eigenvalue weighted by molar-refractivity contribution is 5.85. The number of hydrogen-bond acceptors (Lipinski definition) is 2. The number of piperazine rings is 1. The van der Waals surface area contributed by atoms with Crippen LogP contribution >= 0.6 is 24.8 Å². The summed E-state index contributed by atoms with van der Waals surface area (Å²) in [5.41, 5.74) is 2.01. The first-order valence-corrected chi connectivity index (χ1v) is 7.34. The van der Waals surface area contributed by atoms with Crippen molar-refractivity contribution in [3.8, 4) is 0 Å². The quantitative estimate of drug-likeness (QED) is 0.894. The van der Waals surface area contributed by atoms with Gasteiger partial charge in [-0.3, -0.25) is 4.90 Å². The molecule has 2 nitrogen and oxygen atoms in total. The third kappa shape index (κ3) is 5.10. The fourth-order valence-corrected chi connectivity index (χ4v) is 2.94. The summed E-state index contributed by atoms with van der Waals surface area (Å²) in [6, 6.07) is 5.69. The molecule has 0 amide bonds. The number of benzene rings is 1. The van der Waals surface area contributed by atoms with Crippen LogP contribution in [0.15, 0.2) is 18.2 Å². The largest absolute Gasteiger partial charge is 0.314 e. The second-order valence-corrected chi connectivity index (χ2v) is 5.64. The average Bonchev–Trinajstić information content (AvgIpc) is 2.44. The molecular formula is C16H27Cl2FN2. The van der Waals surface area contributed by atoms with Gasteiger partial charge in [-0.2, -0.15) is 0 Å². The van der Waals surface area contributed by atoms with Gasteiger partial charge in [0.05, 0.1) is 0 Å². The zero-order valence-electron chi connectivity index (χ0n) is 13.1. The molecular weight excluding hydrogens is 310 g/mol. The van der Waals surface area contributed by atoms with E-state index in [1.165, 1.54) is 0 Å². The highest BCUT2D eigenvalue weighted by Gasteiger charge is 2.28. The minimum absolute atomic E-state index is 0. The third-order valence-corrected chi connectivity index (χ3v) is 4.20. The monoisotopic (exact) mass is 336 g/mol. The molecule has 1 aliphatic rings. The SMILES string of the molecule is CCC(C)[C@H](c1cc(C)ccc1F)N1CCNCC1.Cl.Cl. The molecule has 0 saturated carbocycles. The van der Waals surface area contributed by atoms with Crippen LogP contribution in [-0.4, -0.2) is 31.1 Å². The van der Waals surface area contributed by atoms with Crippen molar-refractivity contribution in [2.24, 2.45) is 5.92 Å². The van der Waals surface area contributed by atoms with E-state index in [9.17, 15) is 4.39 Å². The van der Waals surface area contributed by atoms with Gasteiger partial charge in [0, 0.05) is 37.8 Å². The molecule has 1 N–H and O–H groups in total. The number of nitrogens with zero attached hydrogens (tertiary/aromatic N) is 1. The summed E-state index contributed by atoms with van der Waals surface area (Å²) in [5, 5.41) is 3.37. The summed E-state index contributed by atoms with van der Waals surface area (Å²) in [6.45, 7) is 10.5. The zero-order valence-corrected chi connectivity index (χ0v) is 14.7. The summed E-state index contributed by atoms with van der Waals surface area (Å²) in [7, 11) is 0. The number of nitrogens with one attached hydrogen (secondary N) is 1. The topological polar surface area (TPSA) is 15.3 Å². The van der Waals surface area contributed by atoms with Gasteiger partial charge in [0.2, 0.25) is 0 Å². The predicted octanol–water partition coefficient (Wildman–Crippen LogP) is 3.97. The van der Waals surface area contributed by atoms with Gasteiger partial charge in [0.1, 0.15) is 5.82 Å². The molecule has 1 aromatic carbocycles. The Bertz CT molecular complexity index is 423. The fraction of sp³-hybridized carbons (Fsp3) is 0.625. The first kappa shape index (κ1) is 20.6. The molecule has 0 aliphatic carbocycles. The molecule has 2 atom stereocenters. The van der Waals surface area contributed by atoms with Crippen LogP contribution in [0.4, 0.5) is 4.39 Å². The van der Waals surface area contributed by atoms with E-state index in [-0.39, 0.29) is 36.7 Å². The standard InChI is InChI=1S/C16H25FN2.2ClH/c1-4-13(3)16(19-9-7-18-8-10-19)14-11-12(2)5-6-15(14)17;;/h5-6,11,13,16,18H,4,7-10H2,1-3H3;2*1H/t13?,16-;;/m1../s1. The minimum atomic E-state index is -0.0607. The Morgan fingerprint density at radius 2 is 1.86 bits per heavy atom. The lowest BCUT2D eigenvalue weighted by molar-refractivity contribution is 0.125. The van der Waals surface area contributed by atoms with E-state index >= 15 is 0 Å². The van der Waals surface area contributed by atoms with Gasteiger partial charge in [-0.05, 0) is 18.9 Å². The number of hydrogen-bond donors (Lipinski definition) is 1. The van der Waals surface area contributed by atoms with E-state index in [1.807, 2.05) is 19.1 Å². The van der Waals surface area contributed by atoms with Crippen molar-refractivity contribution in [1.82, 2.24) is 10.2 Å². The Morgan fingerprint density at radius 1 is 1.24 bits per heavy atom. The predicted molar refractivity (Wildman–Crippen MR) is 92.3 cm³/mol. The van der Waals surface area contributed by atoms with Gasteiger partial charge < -0.3 is 5.32 Å². The van der Waals surface area contributed by atoms with Gasteiger partial charge in [0.25, 0.3) is 0 Å². The minimum Gasteiger partial charge on any atom is -0.314 e. The molecule has 1 saturated heterocycles. The highest BCUT2D eigenvalue weighted by atomic mass is 35.5. The average molecular weight is 337 g/mol. The first-order valence-electron chi connectivity index (χ1n) is 7.34. The van der Waals surface area contributed by atoms with Crippen LogP contribution in [0, 0.1) is 18.7 Å². The van der Waals surface area contributed by atoms with E-state index in [1.54, 1.807) is 6.07 Å². The first-order chi connectivity index (χ1) is 9.13.